The first-order valence-corrected chi connectivity index (χ1v) is 7.67. The van der Waals surface area contributed by atoms with Crippen LogP contribution in [0.15, 0.2) is 64.8 Å². The molecule has 134 valence electrons. The minimum Gasteiger partial charge on any atom is -0.469 e. The zero-order valence-corrected chi connectivity index (χ0v) is 14.4. The number of carbonyl (C=O) groups excluding carboxylic acids is 2. The van der Waals surface area contributed by atoms with E-state index in [1.165, 1.54) is 14.2 Å². The Morgan fingerprint density at radius 3 is 2.38 bits per heavy atom. The zero-order valence-electron chi connectivity index (χ0n) is 14.4. The van der Waals surface area contributed by atoms with E-state index in [0.717, 1.165) is 0 Å². The fraction of sp³-hybridized carbons (Fsp3) is 0.167. The van der Waals surface area contributed by atoms with E-state index in [4.69, 9.17) is 0 Å². The predicted molar refractivity (Wildman–Crippen MR) is 96.1 cm³/mol. The molecule has 0 atom stereocenters. The third kappa shape index (κ3) is 5.52. The van der Waals surface area contributed by atoms with Gasteiger partial charge in [0.1, 0.15) is 5.69 Å². The number of carbonyl (C=O) groups is 2. The molecule has 1 heterocycles. The number of esters is 2. The molecule has 0 fully saturated rings. The number of hydrazone groups is 1. The Hall–Kier alpha value is -3.55. The molecule has 0 saturated heterocycles. The second-order valence-electron chi connectivity index (χ2n) is 4.93. The zero-order chi connectivity index (χ0) is 18.8. The molecule has 0 bridgehead atoms. The molecular weight excluding hydrogens is 336 g/mol. The molecule has 1 aromatic heterocycles. The highest BCUT2D eigenvalue weighted by molar-refractivity contribution is 6.39. The van der Waals surface area contributed by atoms with E-state index in [2.05, 4.69) is 30.0 Å². The fourth-order valence-electron chi connectivity index (χ4n) is 1.88. The molecule has 1 aromatic carbocycles. The van der Waals surface area contributed by atoms with Crippen molar-refractivity contribution in [2.75, 3.05) is 14.2 Å². The molecule has 0 radical (unpaired) electrons. The van der Waals surface area contributed by atoms with E-state index in [-0.39, 0.29) is 12.1 Å². The Morgan fingerprint density at radius 2 is 1.77 bits per heavy atom. The summed E-state index contributed by atoms with van der Waals surface area (Å²) in [7, 11) is 2.42. The minimum atomic E-state index is -0.747. The standard InChI is InChI=1S/C18H18N4O4/c1-25-16(23)12-15(18(24)26-2)21-22-17(14-10-6-7-11-19-14)20-13-8-4-3-5-9-13/h3-11H,12H2,1-2H3,(H,20,22)/b21-15-. The van der Waals surface area contributed by atoms with Gasteiger partial charge in [0.05, 0.1) is 26.3 Å². The van der Waals surface area contributed by atoms with Crippen LogP contribution in [0.25, 0.3) is 0 Å². The van der Waals surface area contributed by atoms with Crippen molar-refractivity contribution >= 4 is 29.2 Å². The van der Waals surface area contributed by atoms with Gasteiger partial charge in [0.2, 0.25) is 0 Å². The Morgan fingerprint density at radius 1 is 1.04 bits per heavy atom. The number of hydrogen-bond acceptors (Lipinski definition) is 7. The van der Waals surface area contributed by atoms with Crippen molar-refractivity contribution in [2.24, 2.45) is 10.1 Å². The molecule has 0 amide bonds. The third-order valence-corrected chi connectivity index (χ3v) is 3.16. The molecule has 0 spiro atoms. The van der Waals surface area contributed by atoms with Crippen molar-refractivity contribution in [3.05, 3.63) is 60.4 Å². The van der Waals surface area contributed by atoms with Gasteiger partial charge >= 0.3 is 11.9 Å². The van der Waals surface area contributed by atoms with Crippen LogP contribution in [0.5, 0.6) is 0 Å². The largest absolute Gasteiger partial charge is 0.469 e. The highest BCUT2D eigenvalue weighted by atomic mass is 16.5. The Bertz CT molecular complexity index is 804. The quantitative estimate of drug-likeness (QED) is 0.367. The van der Waals surface area contributed by atoms with Gasteiger partial charge in [-0.25, -0.2) is 9.79 Å². The van der Waals surface area contributed by atoms with Crippen LogP contribution >= 0.6 is 0 Å². The maximum Gasteiger partial charge on any atom is 0.354 e. The average Bonchev–Trinajstić information content (AvgIpc) is 2.70. The molecule has 2 aromatic rings. The minimum absolute atomic E-state index is 0.143. The van der Waals surface area contributed by atoms with Gasteiger partial charge in [0.25, 0.3) is 0 Å². The molecule has 0 saturated carbocycles. The lowest BCUT2D eigenvalue weighted by atomic mass is 10.3. The summed E-state index contributed by atoms with van der Waals surface area (Å²) in [6.45, 7) is 0. The second kappa shape index (κ2) is 9.67. The Labute approximate surface area is 150 Å². The molecule has 2 rings (SSSR count). The third-order valence-electron chi connectivity index (χ3n) is 3.16. The van der Waals surface area contributed by atoms with Crippen molar-refractivity contribution in [1.29, 1.82) is 0 Å². The summed E-state index contributed by atoms with van der Waals surface area (Å²) >= 11 is 0. The second-order valence-corrected chi connectivity index (χ2v) is 4.93. The Balaban J connectivity index is 2.34. The van der Waals surface area contributed by atoms with E-state index < -0.39 is 11.9 Å². The fourth-order valence-corrected chi connectivity index (χ4v) is 1.88. The predicted octanol–water partition coefficient (Wildman–Crippen LogP) is 1.84. The number of pyridine rings is 1. The van der Waals surface area contributed by atoms with Crippen molar-refractivity contribution in [3.8, 4) is 0 Å². The first-order valence-electron chi connectivity index (χ1n) is 7.67. The topological polar surface area (TPSA) is 102 Å². The lowest BCUT2D eigenvalue weighted by Crippen LogP contribution is -2.27. The number of nitrogens with one attached hydrogen (secondary N) is 1. The summed E-state index contributed by atoms with van der Waals surface area (Å²) < 4.78 is 9.21. The van der Waals surface area contributed by atoms with Gasteiger partial charge in [-0.15, -0.1) is 0 Å². The summed E-state index contributed by atoms with van der Waals surface area (Å²) in [5.41, 5.74) is 3.74. The first kappa shape index (κ1) is 18.8. The highest BCUT2D eigenvalue weighted by Crippen LogP contribution is 2.11. The van der Waals surface area contributed by atoms with Crippen LogP contribution in [-0.4, -0.2) is 42.7 Å². The van der Waals surface area contributed by atoms with E-state index in [1.54, 1.807) is 24.4 Å². The number of ether oxygens (including phenoxy) is 2. The number of nitrogens with zero attached hydrogens (tertiary/aromatic N) is 3. The number of amidine groups is 1. The van der Waals surface area contributed by atoms with Crippen molar-refractivity contribution < 1.29 is 19.1 Å². The number of benzene rings is 1. The van der Waals surface area contributed by atoms with E-state index in [9.17, 15) is 9.59 Å². The van der Waals surface area contributed by atoms with Gasteiger partial charge in [-0.2, -0.15) is 5.10 Å². The lowest BCUT2D eigenvalue weighted by Gasteiger charge is -2.08. The SMILES string of the molecule is COC(=O)C/C(=N/NC(=Nc1ccccc1)c1ccccn1)C(=O)OC. The van der Waals surface area contributed by atoms with Gasteiger partial charge in [-0.1, -0.05) is 24.3 Å². The van der Waals surface area contributed by atoms with Gasteiger partial charge in [0, 0.05) is 6.20 Å². The molecular formula is C18H18N4O4. The van der Waals surface area contributed by atoms with Crippen molar-refractivity contribution in [2.45, 2.75) is 6.42 Å². The van der Waals surface area contributed by atoms with Gasteiger partial charge in [0.15, 0.2) is 11.5 Å². The summed E-state index contributed by atoms with van der Waals surface area (Å²) in [6, 6.07) is 14.5. The molecule has 0 unspecified atom stereocenters. The lowest BCUT2D eigenvalue weighted by molar-refractivity contribution is -0.140. The first-order chi connectivity index (χ1) is 12.6. The number of hydrogen-bond donors (Lipinski definition) is 1. The molecule has 8 heteroatoms. The van der Waals surface area contributed by atoms with Crippen LogP contribution in [0.2, 0.25) is 0 Å². The molecule has 0 aliphatic carbocycles. The van der Waals surface area contributed by atoms with Gasteiger partial charge in [-0.05, 0) is 24.3 Å². The average molecular weight is 354 g/mol. The molecule has 1 N–H and O–H groups in total. The summed E-state index contributed by atoms with van der Waals surface area (Å²) in [5.74, 6) is -1.05. The normalized spacial score (nSPS) is 11.6. The van der Waals surface area contributed by atoms with E-state index >= 15 is 0 Å². The number of rotatable bonds is 6. The van der Waals surface area contributed by atoms with E-state index in [1.807, 2.05) is 30.3 Å². The van der Waals surface area contributed by atoms with Crippen LogP contribution in [0.3, 0.4) is 0 Å². The van der Waals surface area contributed by atoms with Crippen LogP contribution in [0.1, 0.15) is 12.1 Å². The highest BCUT2D eigenvalue weighted by Gasteiger charge is 2.18. The van der Waals surface area contributed by atoms with Gasteiger partial charge < -0.3 is 9.47 Å². The van der Waals surface area contributed by atoms with Crippen LogP contribution < -0.4 is 5.43 Å². The van der Waals surface area contributed by atoms with Crippen LogP contribution in [0, 0.1) is 0 Å². The van der Waals surface area contributed by atoms with Crippen LogP contribution in [0.4, 0.5) is 5.69 Å². The number of para-hydroxylation sites is 1. The molecule has 0 aliphatic heterocycles. The van der Waals surface area contributed by atoms with Gasteiger partial charge in [-0.3, -0.25) is 15.2 Å². The Kier molecular flexibility index (Phi) is 6.99. The monoisotopic (exact) mass is 354 g/mol. The maximum atomic E-state index is 11.8. The van der Waals surface area contributed by atoms with E-state index in [0.29, 0.717) is 17.2 Å². The number of methoxy groups -OCH3 is 2. The maximum absolute atomic E-state index is 11.8. The number of aromatic nitrogens is 1. The molecule has 0 aliphatic rings. The van der Waals surface area contributed by atoms with Crippen molar-refractivity contribution in [1.82, 2.24) is 10.4 Å². The van der Waals surface area contributed by atoms with Crippen molar-refractivity contribution in [3.63, 3.8) is 0 Å². The smallest absolute Gasteiger partial charge is 0.354 e. The summed E-state index contributed by atoms with van der Waals surface area (Å²) in [6.07, 6.45) is 1.27. The molecule has 26 heavy (non-hydrogen) atoms. The summed E-state index contributed by atoms with van der Waals surface area (Å²) in [4.78, 5) is 32.0. The van der Waals surface area contributed by atoms with Crippen LogP contribution in [-0.2, 0) is 19.1 Å². The summed E-state index contributed by atoms with van der Waals surface area (Å²) in [5, 5.41) is 3.98. The molecule has 8 nitrogen and oxygen atoms in total. The number of aliphatic imine (C=N–C) groups is 1.